The molecule has 0 unspecified atom stereocenters. The molecule has 74 valence electrons. The summed E-state index contributed by atoms with van der Waals surface area (Å²) in [6.07, 6.45) is 2.55. The SMILES string of the molecule is CC.CCN1CCC(SN)CC1. The minimum atomic E-state index is 0.725. The zero-order valence-electron chi connectivity index (χ0n) is 8.55. The van der Waals surface area contributed by atoms with E-state index in [0.29, 0.717) is 0 Å². The minimum Gasteiger partial charge on any atom is -0.304 e. The van der Waals surface area contributed by atoms with E-state index >= 15 is 0 Å². The van der Waals surface area contributed by atoms with Crippen LogP contribution in [0.25, 0.3) is 0 Å². The topological polar surface area (TPSA) is 29.3 Å². The smallest absolute Gasteiger partial charge is 0.0215 e. The van der Waals surface area contributed by atoms with Crippen LogP contribution in [0.15, 0.2) is 0 Å². The van der Waals surface area contributed by atoms with Gasteiger partial charge in [-0.3, -0.25) is 5.14 Å². The van der Waals surface area contributed by atoms with Gasteiger partial charge < -0.3 is 4.90 Å². The summed E-state index contributed by atoms with van der Waals surface area (Å²) in [5.41, 5.74) is 0. The number of nitrogens with two attached hydrogens (primary N) is 1. The zero-order chi connectivity index (χ0) is 9.40. The Morgan fingerprint density at radius 2 is 1.83 bits per heavy atom. The normalized spacial score (nSPS) is 20.0. The molecule has 2 N–H and O–H groups in total. The highest BCUT2D eigenvalue weighted by Gasteiger charge is 2.16. The van der Waals surface area contributed by atoms with E-state index < -0.39 is 0 Å². The second kappa shape index (κ2) is 7.90. The number of piperidine rings is 1. The lowest BCUT2D eigenvalue weighted by Gasteiger charge is -2.29. The molecule has 0 spiro atoms. The summed E-state index contributed by atoms with van der Waals surface area (Å²) in [6, 6.07) is 0. The molecule has 2 nitrogen and oxygen atoms in total. The van der Waals surface area contributed by atoms with Gasteiger partial charge in [0.05, 0.1) is 0 Å². The van der Waals surface area contributed by atoms with Gasteiger partial charge in [0.2, 0.25) is 0 Å². The van der Waals surface area contributed by atoms with E-state index in [4.69, 9.17) is 5.14 Å². The second-order valence-corrected chi connectivity index (χ2v) is 3.71. The maximum absolute atomic E-state index is 5.49. The van der Waals surface area contributed by atoms with E-state index in [2.05, 4.69) is 11.8 Å². The number of rotatable bonds is 2. The zero-order valence-corrected chi connectivity index (χ0v) is 9.36. The van der Waals surface area contributed by atoms with Crippen molar-refractivity contribution in [3.05, 3.63) is 0 Å². The molecule has 1 aliphatic heterocycles. The first-order valence-corrected chi connectivity index (χ1v) is 5.89. The number of likely N-dealkylation sites (tertiary alicyclic amines) is 1. The molecule has 1 rings (SSSR count). The molecule has 0 bridgehead atoms. The number of hydrogen-bond donors (Lipinski definition) is 1. The maximum atomic E-state index is 5.49. The number of nitrogens with zero attached hydrogens (tertiary/aromatic N) is 1. The van der Waals surface area contributed by atoms with Gasteiger partial charge in [-0.25, -0.2) is 0 Å². The fraction of sp³-hybridized carbons (Fsp3) is 1.00. The van der Waals surface area contributed by atoms with Crippen LogP contribution in [0.3, 0.4) is 0 Å². The second-order valence-electron chi connectivity index (χ2n) is 2.77. The van der Waals surface area contributed by atoms with E-state index in [0.717, 1.165) is 5.25 Å². The Balaban J connectivity index is 0.000000561. The van der Waals surface area contributed by atoms with E-state index in [-0.39, 0.29) is 0 Å². The van der Waals surface area contributed by atoms with Crippen molar-refractivity contribution in [1.29, 1.82) is 0 Å². The van der Waals surface area contributed by atoms with Crippen molar-refractivity contribution in [2.24, 2.45) is 5.14 Å². The molecule has 1 saturated heterocycles. The number of hydrogen-bond acceptors (Lipinski definition) is 3. The Morgan fingerprint density at radius 3 is 2.17 bits per heavy atom. The Morgan fingerprint density at radius 1 is 1.33 bits per heavy atom. The van der Waals surface area contributed by atoms with Crippen molar-refractivity contribution < 1.29 is 0 Å². The Bertz CT molecular complexity index is 78.5. The molecule has 0 aromatic heterocycles. The van der Waals surface area contributed by atoms with E-state index in [9.17, 15) is 0 Å². The fourth-order valence-corrected chi connectivity index (χ4v) is 1.84. The summed E-state index contributed by atoms with van der Waals surface area (Å²) in [7, 11) is 0. The van der Waals surface area contributed by atoms with Crippen LogP contribution in [0.4, 0.5) is 0 Å². The van der Waals surface area contributed by atoms with Gasteiger partial charge in [0.1, 0.15) is 0 Å². The molecule has 1 aliphatic rings. The van der Waals surface area contributed by atoms with Gasteiger partial charge in [-0.1, -0.05) is 32.7 Å². The van der Waals surface area contributed by atoms with Gasteiger partial charge in [0, 0.05) is 5.25 Å². The highest BCUT2D eigenvalue weighted by atomic mass is 32.2. The average molecular weight is 190 g/mol. The molecular formula is C9H22N2S. The van der Waals surface area contributed by atoms with Gasteiger partial charge in [-0.2, -0.15) is 0 Å². The highest BCUT2D eigenvalue weighted by Crippen LogP contribution is 2.18. The van der Waals surface area contributed by atoms with Crippen molar-refractivity contribution >= 4 is 11.9 Å². The molecule has 0 amide bonds. The largest absolute Gasteiger partial charge is 0.304 e. The lowest BCUT2D eigenvalue weighted by Crippen LogP contribution is -2.34. The molecule has 1 heterocycles. The van der Waals surface area contributed by atoms with Crippen molar-refractivity contribution in [2.75, 3.05) is 19.6 Å². The van der Waals surface area contributed by atoms with Crippen LogP contribution in [0.5, 0.6) is 0 Å². The van der Waals surface area contributed by atoms with Crippen molar-refractivity contribution in [3.63, 3.8) is 0 Å². The maximum Gasteiger partial charge on any atom is 0.0215 e. The lowest BCUT2D eigenvalue weighted by molar-refractivity contribution is 0.244. The molecule has 1 fully saturated rings. The Hall–Kier alpha value is 0.270. The molecule has 0 radical (unpaired) electrons. The summed E-state index contributed by atoms with van der Waals surface area (Å²) in [5.74, 6) is 0. The predicted octanol–water partition coefficient (Wildman–Crippen LogP) is 2.10. The Kier molecular flexibility index (Phi) is 8.07. The van der Waals surface area contributed by atoms with E-state index in [1.807, 2.05) is 13.8 Å². The summed E-state index contributed by atoms with van der Waals surface area (Å²) in [5, 5.41) is 6.21. The third kappa shape index (κ3) is 4.33. The van der Waals surface area contributed by atoms with E-state index in [1.54, 1.807) is 0 Å². The first-order valence-electron chi connectivity index (χ1n) is 4.94. The molecule has 0 aromatic carbocycles. The van der Waals surface area contributed by atoms with Crippen LogP contribution in [-0.4, -0.2) is 29.8 Å². The molecule has 0 aromatic rings. The van der Waals surface area contributed by atoms with Crippen LogP contribution in [0.2, 0.25) is 0 Å². The van der Waals surface area contributed by atoms with Gasteiger partial charge in [0.15, 0.2) is 0 Å². The molecule has 12 heavy (non-hydrogen) atoms. The molecule has 0 atom stereocenters. The summed E-state index contributed by atoms with van der Waals surface area (Å²) >= 11 is 1.53. The van der Waals surface area contributed by atoms with Crippen LogP contribution < -0.4 is 5.14 Å². The van der Waals surface area contributed by atoms with Gasteiger partial charge in [0.25, 0.3) is 0 Å². The van der Waals surface area contributed by atoms with Crippen molar-refractivity contribution in [3.8, 4) is 0 Å². The van der Waals surface area contributed by atoms with Crippen LogP contribution in [0, 0.1) is 0 Å². The van der Waals surface area contributed by atoms with E-state index in [1.165, 1.54) is 44.4 Å². The van der Waals surface area contributed by atoms with Crippen LogP contribution in [-0.2, 0) is 0 Å². The van der Waals surface area contributed by atoms with Crippen molar-refractivity contribution in [1.82, 2.24) is 4.90 Å². The fourth-order valence-electron chi connectivity index (χ4n) is 1.36. The van der Waals surface area contributed by atoms with Crippen molar-refractivity contribution in [2.45, 2.75) is 38.9 Å². The molecular weight excluding hydrogens is 168 g/mol. The highest BCUT2D eigenvalue weighted by molar-refractivity contribution is 7.97. The standard InChI is InChI=1S/C7H16N2S.C2H6/c1-2-9-5-3-7(10-8)4-6-9;1-2/h7H,2-6,8H2,1H3;1-2H3. The monoisotopic (exact) mass is 190 g/mol. The molecule has 3 heteroatoms. The molecule has 0 saturated carbocycles. The average Bonchev–Trinajstić information content (AvgIpc) is 2.21. The van der Waals surface area contributed by atoms with Crippen LogP contribution in [0.1, 0.15) is 33.6 Å². The molecule has 0 aliphatic carbocycles. The minimum absolute atomic E-state index is 0.725. The third-order valence-electron chi connectivity index (χ3n) is 2.17. The first kappa shape index (κ1) is 12.3. The van der Waals surface area contributed by atoms with Gasteiger partial charge >= 0.3 is 0 Å². The van der Waals surface area contributed by atoms with Gasteiger partial charge in [-0.05, 0) is 32.5 Å². The van der Waals surface area contributed by atoms with Crippen LogP contribution >= 0.6 is 11.9 Å². The Labute approximate surface area is 81.0 Å². The van der Waals surface area contributed by atoms with Gasteiger partial charge in [-0.15, -0.1) is 0 Å². The first-order chi connectivity index (χ1) is 5.86. The quantitative estimate of drug-likeness (QED) is 0.676. The predicted molar refractivity (Wildman–Crippen MR) is 58.3 cm³/mol. The third-order valence-corrected chi connectivity index (χ3v) is 3.03. The summed E-state index contributed by atoms with van der Waals surface area (Å²) in [4.78, 5) is 2.48. The summed E-state index contributed by atoms with van der Waals surface area (Å²) in [6.45, 7) is 9.90. The lowest BCUT2D eigenvalue weighted by atomic mass is 10.1. The summed E-state index contributed by atoms with van der Waals surface area (Å²) < 4.78 is 0.